The molecule has 0 bridgehead atoms. The van der Waals surface area contributed by atoms with E-state index >= 15 is 0 Å². The Hall–Kier alpha value is -5.38. The number of aromatic hydroxyl groups is 6. The van der Waals surface area contributed by atoms with Crippen LogP contribution in [0.4, 0.5) is 0 Å². The summed E-state index contributed by atoms with van der Waals surface area (Å²) in [7, 11) is 0. The number of ether oxygens (including phenoxy) is 2. The van der Waals surface area contributed by atoms with Crippen LogP contribution in [-0.4, -0.2) is 42.2 Å². The Labute approximate surface area is 226 Å². The highest BCUT2D eigenvalue weighted by Crippen LogP contribution is 2.53. The molecule has 40 heavy (non-hydrogen) atoms. The SMILES string of the molecule is O=C1c2c(O)cc(O)cc2O[C@@H](c2ccc(O)cc2)C1[C@H]1C(=O)c2c(O)cc(O)cc2O[C@@H]1c1ccc(O)cc1. The first-order valence-corrected chi connectivity index (χ1v) is 12.2. The van der Waals surface area contributed by atoms with Crippen molar-refractivity contribution in [2.24, 2.45) is 11.8 Å². The van der Waals surface area contributed by atoms with Gasteiger partial charge in [-0.2, -0.15) is 0 Å². The Balaban J connectivity index is 1.59. The van der Waals surface area contributed by atoms with Gasteiger partial charge in [0.05, 0.1) is 11.8 Å². The van der Waals surface area contributed by atoms with Crippen LogP contribution < -0.4 is 9.47 Å². The van der Waals surface area contributed by atoms with Crippen LogP contribution in [0.1, 0.15) is 44.1 Å². The first-order valence-electron chi connectivity index (χ1n) is 12.2. The molecule has 0 saturated heterocycles. The minimum atomic E-state index is -1.33. The maximum absolute atomic E-state index is 14.2. The van der Waals surface area contributed by atoms with E-state index in [1.807, 2.05) is 0 Å². The largest absolute Gasteiger partial charge is 0.508 e. The van der Waals surface area contributed by atoms with Gasteiger partial charge in [-0.3, -0.25) is 9.59 Å². The summed E-state index contributed by atoms with van der Waals surface area (Å²) in [5.41, 5.74) is 0.330. The normalized spacial score (nSPS) is 21.6. The monoisotopic (exact) mass is 542 g/mol. The third-order valence-electron chi connectivity index (χ3n) is 7.22. The van der Waals surface area contributed by atoms with Gasteiger partial charge in [0.15, 0.2) is 11.6 Å². The summed E-state index contributed by atoms with van der Waals surface area (Å²) in [5, 5.41) is 61.1. The molecular weight excluding hydrogens is 520 g/mol. The van der Waals surface area contributed by atoms with Crippen molar-refractivity contribution in [3.05, 3.63) is 95.1 Å². The fraction of sp³-hybridized carbons (Fsp3) is 0.133. The minimum absolute atomic E-state index is 0.0455. The van der Waals surface area contributed by atoms with E-state index < -0.39 is 47.1 Å². The molecule has 6 N–H and O–H groups in total. The zero-order valence-corrected chi connectivity index (χ0v) is 20.6. The average molecular weight is 542 g/mol. The molecule has 6 rings (SSSR count). The lowest BCUT2D eigenvalue weighted by molar-refractivity contribution is 0.0129. The zero-order valence-electron chi connectivity index (χ0n) is 20.6. The quantitative estimate of drug-likeness (QED) is 0.216. The number of phenolic OH excluding ortho intramolecular Hbond substituents is 6. The number of fused-ring (bicyclic) bond motifs is 2. The number of carbonyl (C=O) groups is 2. The molecule has 202 valence electrons. The lowest BCUT2D eigenvalue weighted by atomic mass is 9.69. The topological polar surface area (TPSA) is 174 Å². The number of ketones is 2. The molecule has 10 nitrogen and oxygen atoms in total. The summed E-state index contributed by atoms with van der Waals surface area (Å²) in [6.07, 6.45) is -2.31. The number of hydrogen-bond donors (Lipinski definition) is 6. The van der Waals surface area contributed by atoms with Crippen LogP contribution >= 0.6 is 0 Å². The summed E-state index contributed by atoms with van der Waals surface area (Å²) in [5.74, 6) is -6.10. The van der Waals surface area contributed by atoms with Crippen LogP contribution in [0, 0.1) is 11.8 Å². The number of benzene rings is 4. The number of phenols is 6. The smallest absolute Gasteiger partial charge is 0.178 e. The predicted octanol–water partition coefficient (Wildman–Crippen LogP) is 4.49. The first-order chi connectivity index (χ1) is 19.1. The molecule has 0 saturated carbocycles. The second-order valence-electron chi connectivity index (χ2n) is 9.72. The van der Waals surface area contributed by atoms with Crippen LogP contribution in [0.15, 0.2) is 72.8 Å². The van der Waals surface area contributed by atoms with E-state index in [9.17, 15) is 40.2 Å². The molecule has 0 aromatic heterocycles. The van der Waals surface area contributed by atoms with E-state index in [4.69, 9.17) is 9.47 Å². The first kappa shape index (κ1) is 24.9. The van der Waals surface area contributed by atoms with Crippen molar-refractivity contribution in [2.75, 3.05) is 0 Å². The van der Waals surface area contributed by atoms with Crippen LogP contribution in [0.3, 0.4) is 0 Å². The van der Waals surface area contributed by atoms with Crippen LogP contribution in [0.25, 0.3) is 0 Å². The Morgan fingerprint density at radius 3 is 1.18 bits per heavy atom. The average Bonchev–Trinajstić information content (AvgIpc) is 2.89. The van der Waals surface area contributed by atoms with E-state index in [0.717, 1.165) is 12.1 Å². The molecular formula is C30H22O10. The van der Waals surface area contributed by atoms with E-state index in [2.05, 4.69) is 0 Å². The van der Waals surface area contributed by atoms with Crippen molar-refractivity contribution in [3.63, 3.8) is 0 Å². The molecule has 2 heterocycles. The van der Waals surface area contributed by atoms with Crippen molar-refractivity contribution < 1.29 is 49.7 Å². The summed E-state index contributed by atoms with van der Waals surface area (Å²) >= 11 is 0. The van der Waals surface area contributed by atoms with Gasteiger partial charge >= 0.3 is 0 Å². The van der Waals surface area contributed by atoms with Crippen molar-refractivity contribution in [1.29, 1.82) is 0 Å². The Kier molecular flexibility index (Phi) is 5.69. The Morgan fingerprint density at radius 2 is 0.825 bits per heavy atom. The van der Waals surface area contributed by atoms with Gasteiger partial charge in [-0.1, -0.05) is 24.3 Å². The van der Waals surface area contributed by atoms with Gasteiger partial charge in [0.1, 0.15) is 69.3 Å². The van der Waals surface area contributed by atoms with Gasteiger partial charge in [0.2, 0.25) is 0 Å². The van der Waals surface area contributed by atoms with E-state index in [1.54, 1.807) is 0 Å². The Bertz CT molecular complexity index is 1530. The number of Topliss-reactive ketones (excluding diaryl/α,β-unsaturated/α-hetero) is 2. The lowest BCUT2D eigenvalue weighted by Crippen LogP contribution is -2.45. The number of rotatable bonds is 3. The maximum atomic E-state index is 14.2. The maximum Gasteiger partial charge on any atom is 0.178 e. The highest BCUT2D eigenvalue weighted by molar-refractivity contribution is 6.11. The van der Waals surface area contributed by atoms with E-state index in [-0.39, 0.29) is 45.6 Å². The van der Waals surface area contributed by atoms with Crippen LogP contribution in [0.5, 0.6) is 46.0 Å². The molecule has 4 atom stereocenters. The van der Waals surface area contributed by atoms with E-state index in [0.29, 0.717) is 11.1 Å². The lowest BCUT2D eigenvalue weighted by Gasteiger charge is -2.42. The van der Waals surface area contributed by atoms with E-state index in [1.165, 1.54) is 60.7 Å². The molecule has 0 aliphatic carbocycles. The third-order valence-corrected chi connectivity index (χ3v) is 7.22. The Morgan fingerprint density at radius 1 is 0.475 bits per heavy atom. The van der Waals surface area contributed by atoms with Gasteiger partial charge in [-0.25, -0.2) is 0 Å². The summed E-state index contributed by atoms with van der Waals surface area (Å²) in [6.45, 7) is 0. The second kappa shape index (κ2) is 9.12. The molecule has 10 heteroatoms. The van der Waals surface area contributed by atoms with Gasteiger partial charge in [-0.15, -0.1) is 0 Å². The van der Waals surface area contributed by atoms with Crippen molar-refractivity contribution >= 4 is 11.6 Å². The predicted molar refractivity (Wildman–Crippen MR) is 138 cm³/mol. The molecule has 0 radical (unpaired) electrons. The zero-order chi connectivity index (χ0) is 28.3. The van der Waals surface area contributed by atoms with Crippen molar-refractivity contribution in [2.45, 2.75) is 12.2 Å². The van der Waals surface area contributed by atoms with Gasteiger partial charge in [0.25, 0.3) is 0 Å². The van der Waals surface area contributed by atoms with Crippen LogP contribution in [0.2, 0.25) is 0 Å². The molecule has 0 fully saturated rings. The summed E-state index contributed by atoms with van der Waals surface area (Å²) in [6, 6.07) is 15.9. The minimum Gasteiger partial charge on any atom is -0.508 e. The number of carbonyl (C=O) groups excluding carboxylic acids is 2. The van der Waals surface area contributed by atoms with Gasteiger partial charge in [0, 0.05) is 24.3 Å². The highest BCUT2D eigenvalue weighted by atomic mass is 16.5. The highest BCUT2D eigenvalue weighted by Gasteiger charge is 2.53. The molecule has 0 spiro atoms. The summed E-state index contributed by atoms with van der Waals surface area (Å²) in [4.78, 5) is 28.4. The molecule has 4 aromatic carbocycles. The summed E-state index contributed by atoms with van der Waals surface area (Å²) < 4.78 is 12.3. The molecule has 0 amide bonds. The molecule has 1 unspecified atom stereocenters. The molecule has 2 aliphatic rings. The molecule has 2 aliphatic heterocycles. The fourth-order valence-corrected chi connectivity index (χ4v) is 5.46. The second-order valence-corrected chi connectivity index (χ2v) is 9.72. The van der Waals surface area contributed by atoms with Crippen LogP contribution in [-0.2, 0) is 0 Å². The fourth-order valence-electron chi connectivity index (χ4n) is 5.46. The van der Waals surface area contributed by atoms with Gasteiger partial charge in [-0.05, 0) is 35.4 Å². The van der Waals surface area contributed by atoms with Crippen molar-refractivity contribution in [3.8, 4) is 46.0 Å². The third kappa shape index (κ3) is 3.97. The number of hydrogen-bond acceptors (Lipinski definition) is 10. The van der Waals surface area contributed by atoms with Crippen molar-refractivity contribution in [1.82, 2.24) is 0 Å². The standard InChI is InChI=1S/C30H22O10/c31-15-5-1-13(2-6-15)29-25(27(37)23-19(35)9-17(33)11-21(23)39-29)26-28(38)24-20(36)10-18(34)12-22(24)40-30(26)14-3-7-16(32)8-4-14/h1-12,25-26,29-36H/t25-,26?,29+,30-/m0/s1. The molecule has 4 aromatic rings. The van der Waals surface area contributed by atoms with Gasteiger partial charge < -0.3 is 40.1 Å².